The first-order valence-electron chi connectivity index (χ1n) is 5.81. The molecule has 0 radical (unpaired) electrons. The van der Waals surface area contributed by atoms with Crippen molar-refractivity contribution in [1.29, 1.82) is 0 Å². The zero-order valence-electron chi connectivity index (χ0n) is 9.70. The Labute approximate surface area is 96.2 Å². The molecule has 0 unspecified atom stereocenters. The number of unbranched alkanes of at least 4 members (excludes halogenated alkanes) is 1. The van der Waals surface area contributed by atoms with Gasteiger partial charge >= 0.3 is 0 Å². The molecule has 16 heavy (non-hydrogen) atoms. The summed E-state index contributed by atoms with van der Waals surface area (Å²) in [7, 11) is 1.84. The molecule has 3 heteroatoms. The predicted molar refractivity (Wildman–Crippen MR) is 65.5 cm³/mol. The number of hydrogen-bond donors (Lipinski definition) is 1. The molecule has 0 aromatic heterocycles. The smallest absolute Gasteiger partial charge is 0.231 e. The Balaban J connectivity index is 2.09. The first-order chi connectivity index (χ1) is 7.72. The monoisotopic (exact) mass is 218 g/mol. The lowest BCUT2D eigenvalue weighted by Crippen LogP contribution is -2.20. The third-order valence-electron chi connectivity index (χ3n) is 3.14. The number of carbonyl (C=O) groups excluding carboxylic acids is 1. The minimum absolute atomic E-state index is 0.189. The molecule has 0 spiro atoms. The zero-order valence-corrected chi connectivity index (χ0v) is 9.70. The molecular formula is C13H18N2O. The molecule has 3 nitrogen and oxygen atoms in total. The van der Waals surface area contributed by atoms with Crippen LogP contribution in [-0.2, 0) is 17.6 Å². The van der Waals surface area contributed by atoms with Crippen molar-refractivity contribution in [3.05, 3.63) is 29.3 Å². The van der Waals surface area contributed by atoms with Gasteiger partial charge < -0.3 is 10.6 Å². The van der Waals surface area contributed by atoms with Crippen LogP contribution in [0.4, 0.5) is 5.69 Å². The molecule has 86 valence electrons. The number of carbonyl (C=O) groups is 1. The van der Waals surface area contributed by atoms with Crippen LogP contribution >= 0.6 is 0 Å². The third kappa shape index (κ3) is 2.09. The highest BCUT2D eigenvalue weighted by Gasteiger charge is 2.23. The molecule has 0 atom stereocenters. The second-order valence-electron chi connectivity index (χ2n) is 4.34. The zero-order chi connectivity index (χ0) is 11.5. The quantitative estimate of drug-likeness (QED) is 0.778. The van der Waals surface area contributed by atoms with Gasteiger partial charge in [-0.15, -0.1) is 0 Å². The van der Waals surface area contributed by atoms with Crippen LogP contribution < -0.4 is 10.6 Å². The maximum Gasteiger partial charge on any atom is 0.231 e. The van der Waals surface area contributed by atoms with Crippen molar-refractivity contribution in [3.63, 3.8) is 0 Å². The topological polar surface area (TPSA) is 46.3 Å². The van der Waals surface area contributed by atoms with E-state index in [1.54, 1.807) is 4.90 Å². The van der Waals surface area contributed by atoms with Gasteiger partial charge in [0, 0.05) is 12.7 Å². The van der Waals surface area contributed by atoms with Gasteiger partial charge in [0.2, 0.25) is 5.91 Å². The van der Waals surface area contributed by atoms with Crippen molar-refractivity contribution in [2.24, 2.45) is 5.73 Å². The first kappa shape index (κ1) is 11.1. The number of hydrogen-bond acceptors (Lipinski definition) is 2. The van der Waals surface area contributed by atoms with Crippen LogP contribution in [0.1, 0.15) is 24.0 Å². The summed E-state index contributed by atoms with van der Waals surface area (Å²) in [4.78, 5) is 13.2. The third-order valence-corrected chi connectivity index (χ3v) is 3.14. The highest BCUT2D eigenvalue weighted by molar-refractivity contribution is 6.00. The van der Waals surface area contributed by atoms with Gasteiger partial charge in [0.15, 0.2) is 0 Å². The van der Waals surface area contributed by atoms with E-state index in [4.69, 9.17) is 5.73 Å². The van der Waals surface area contributed by atoms with E-state index in [2.05, 4.69) is 18.2 Å². The standard InChI is InChI=1S/C13H18N2O/c1-15-12-6-5-10(4-2-3-7-14)8-11(12)9-13(15)16/h5-6,8H,2-4,7,9,14H2,1H3. The minimum Gasteiger partial charge on any atom is -0.330 e. The van der Waals surface area contributed by atoms with Crippen LogP contribution in [0.3, 0.4) is 0 Å². The lowest BCUT2D eigenvalue weighted by atomic mass is 10.0. The van der Waals surface area contributed by atoms with E-state index in [0.717, 1.165) is 37.1 Å². The van der Waals surface area contributed by atoms with Gasteiger partial charge in [-0.1, -0.05) is 12.1 Å². The van der Waals surface area contributed by atoms with Crippen LogP contribution in [0, 0.1) is 0 Å². The Bertz CT molecular complexity index is 401. The molecule has 0 saturated heterocycles. The number of nitrogens with zero attached hydrogens (tertiary/aromatic N) is 1. The summed E-state index contributed by atoms with van der Waals surface area (Å²) in [5.74, 6) is 0.189. The molecule has 2 N–H and O–H groups in total. The molecule has 1 aromatic rings. The molecule has 0 saturated carbocycles. The lowest BCUT2D eigenvalue weighted by Gasteiger charge is -2.10. The number of aryl methyl sites for hydroxylation is 1. The number of nitrogens with two attached hydrogens (primary N) is 1. The largest absolute Gasteiger partial charge is 0.330 e. The molecule has 2 rings (SSSR count). The average Bonchev–Trinajstić information content (AvgIpc) is 2.55. The summed E-state index contributed by atoms with van der Waals surface area (Å²) >= 11 is 0. The molecule has 1 heterocycles. The van der Waals surface area contributed by atoms with Crippen molar-refractivity contribution in [2.45, 2.75) is 25.7 Å². The summed E-state index contributed by atoms with van der Waals surface area (Å²) in [5, 5.41) is 0. The fourth-order valence-corrected chi connectivity index (χ4v) is 2.15. The van der Waals surface area contributed by atoms with Crippen LogP contribution in [0.15, 0.2) is 18.2 Å². The van der Waals surface area contributed by atoms with Gasteiger partial charge in [0.05, 0.1) is 6.42 Å². The van der Waals surface area contributed by atoms with E-state index >= 15 is 0 Å². The summed E-state index contributed by atoms with van der Waals surface area (Å²) in [6.07, 6.45) is 3.80. The van der Waals surface area contributed by atoms with E-state index in [1.165, 1.54) is 5.56 Å². The van der Waals surface area contributed by atoms with Crippen molar-refractivity contribution >= 4 is 11.6 Å². The molecule has 1 aromatic carbocycles. The summed E-state index contributed by atoms with van der Waals surface area (Å²) in [6.45, 7) is 0.756. The van der Waals surface area contributed by atoms with Crippen LogP contribution in [0.2, 0.25) is 0 Å². The number of amides is 1. The summed E-state index contributed by atoms with van der Waals surface area (Å²) in [5.41, 5.74) is 9.01. The average molecular weight is 218 g/mol. The Morgan fingerprint density at radius 3 is 2.94 bits per heavy atom. The molecule has 0 bridgehead atoms. The molecule has 0 fully saturated rings. The first-order valence-corrected chi connectivity index (χ1v) is 5.81. The second-order valence-corrected chi connectivity index (χ2v) is 4.34. The van der Waals surface area contributed by atoms with Crippen LogP contribution in [0.5, 0.6) is 0 Å². The predicted octanol–water partition coefficient (Wildman–Crippen LogP) is 1.49. The van der Waals surface area contributed by atoms with Crippen LogP contribution in [0.25, 0.3) is 0 Å². The van der Waals surface area contributed by atoms with Crippen molar-refractivity contribution < 1.29 is 4.79 Å². The second kappa shape index (κ2) is 4.66. The fraction of sp³-hybridized carbons (Fsp3) is 0.462. The van der Waals surface area contributed by atoms with E-state index in [9.17, 15) is 4.79 Å². The highest BCUT2D eigenvalue weighted by atomic mass is 16.2. The van der Waals surface area contributed by atoms with E-state index < -0.39 is 0 Å². The van der Waals surface area contributed by atoms with Crippen LogP contribution in [-0.4, -0.2) is 19.5 Å². The van der Waals surface area contributed by atoms with Crippen molar-refractivity contribution in [2.75, 3.05) is 18.5 Å². The minimum atomic E-state index is 0.189. The van der Waals surface area contributed by atoms with E-state index in [0.29, 0.717) is 6.42 Å². The van der Waals surface area contributed by atoms with E-state index in [1.807, 2.05) is 7.05 Å². The number of rotatable bonds is 4. The number of fused-ring (bicyclic) bond motifs is 1. The summed E-state index contributed by atoms with van der Waals surface area (Å²) in [6, 6.07) is 6.33. The molecule has 0 aliphatic carbocycles. The molecule has 1 aliphatic rings. The van der Waals surface area contributed by atoms with Gasteiger partial charge in [0.1, 0.15) is 0 Å². The van der Waals surface area contributed by atoms with Gasteiger partial charge in [-0.05, 0) is 43.0 Å². The van der Waals surface area contributed by atoms with Crippen molar-refractivity contribution in [3.8, 4) is 0 Å². The number of anilines is 1. The Morgan fingerprint density at radius 1 is 1.38 bits per heavy atom. The number of likely N-dealkylation sites (N-methyl/N-ethyl adjacent to an activating group) is 1. The van der Waals surface area contributed by atoms with E-state index in [-0.39, 0.29) is 5.91 Å². The lowest BCUT2D eigenvalue weighted by molar-refractivity contribution is -0.117. The Kier molecular flexibility index (Phi) is 3.25. The molecule has 1 amide bonds. The Morgan fingerprint density at radius 2 is 2.19 bits per heavy atom. The van der Waals surface area contributed by atoms with Gasteiger partial charge in [-0.2, -0.15) is 0 Å². The Hall–Kier alpha value is -1.35. The fourth-order valence-electron chi connectivity index (χ4n) is 2.15. The van der Waals surface area contributed by atoms with Gasteiger partial charge in [-0.25, -0.2) is 0 Å². The maximum absolute atomic E-state index is 11.5. The maximum atomic E-state index is 11.5. The van der Waals surface area contributed by atoms with Gasteiger partial charge in [-0.3, -0.25) is 4.79 Å². The summed E-state index contributed by atoms with van der Waals surface area (Å²) < 4.78 is 0. The number of benzene rings is 1. The highest BCUT2D eigenvalue weighted by Crippen LogP contribution is 2.28. The van der Waals surface area contributed by atoms with Gasteiger partial charge in [0.25, 0.3) is 0 Å². The van der Waals surface area contributed by atoms with Crippen molar-refractivity contribution in [1.82, 2.24) is 0 Å². The SMILES string of the molecule is CN1C(=O)Cc2cc(CCCCN)ccc21. The normalized spacial score (nSPS) is 14.4. The molecular weight excluding hydrogens is 200 g/mol. The molecule has 1 aliphatic heterocycles.